The summed E-state index contributed by atoms with van der Waals surface area (Å²) in [5, 5.41) is 3.21. The average molecular weight is 375 g/mol. The van der Waals surface area contributed by atoms with Crippen LogP contribution in [0.3, 0.4) is 0 Å². The Balaban J connectivity index is 1.81. The first-order valence-corrected chi connectivity index (χ1v) is 8.60. The Morgan fingerprint density at radius 2 is 1.71 bits per heavy atom. The zero-order valence-electron chi connectivity index (χ0n) is 15.3. The molecule has 0 unspecified atom stereocenters. The molecule has 3 aromatic rings. The van der Waals surface area contributed by atoms with Crippen molar-refractivity contribution in [2.24, 2.45) is 7.05 Å². The fourth-order valence-corrected chi connectivity index (χ4v) is 3.29. The van der Waals surface area contributed by atoms with Gasteiger partial charge in [0.2, 0.25) is 0 Å². The zero-order chi connectivity index (χ0) is 19.8. The van der Waals surface area contributed by atoms with E-state index in [1.165, 1.54) is 13.2 Å². The van der Waals surface area contributed by atoms with E-state index in [-0.39, 0.29) is 11.3 Å². The van der Waals surface area contributed by atoms with Crippen molar-refractivity contribution < 1.29 is 19.1 Å². The molecule has 4 rings (SSSR count). The van der Waals surface area contributed by atoms with E-state index in [1.54, 1.807) is 24.3 Å². The predicted octanol–water partition coefficient (Wildman–Crippen LogP) is 2.85. The molecule has 1 N–H and O–H groups in total. The number of aromatic nitrogens is 1. The van der Waals surface area contributed by atoms with Crippen molar-refractivity contribution >= 4 is 40.5 Å². The third kappa shape index (κ3) is 2.73. The van der Waals surface area contributed by atoms with Crippen LogP contribution in [0.15, 0.2) is 60.2 Å². The molecule has 0 saturated carbocycles. The average Bonchev–Trinajstić information content (AvgIpc) is 3.01. The van der Waals surface area contributed by atoms with E-state index in [9.17, 15) is 14.4 Å². The second-order valence-corrected chi connectivity index (χ2v) is 6.32. The molecule has 0 bridgehead atoms. The normalized spacial score (nSPS) is 16.0. The van der Waals surface area contributed by atoms with E-state index in [2.05, 4.69) is 5.32 Å². The summed E-state index contributed by atoms with van der Waals surface area (Å²) in [5.74, 6) is -1.08. The third-order valence-electron chi connectivity index (χ3n) is 4.71. The molecule has 7 nitrogen and oxygen atoms in total. The highest BCUT2D eigenvalue weighted by Gasteiger charge is 2.38. The Bertz CT molecular complexity index is 1160. The van der Waals surface area contributed by atoms with Crippen LogP contribution in [0, 0.1) is 0 Å². The maximum Gasteiger partial charge on any atom is 0.336 e. The van der Waals surface area contributed by atoms with Crippen LogP contribution in [0.4, 0.5) is 10.5 Å². The molecule has 0 aliphatic carbocycles. The first-order chi connectivity index (χ1) is 13.5. The molecule has 1 aliphatic rings. The molecular formula is C21H17N3O4. The number of barbiturate groups is 1. The van der Waals surface area contributed by atoms with Gasteiger partial charge in [-0.1, -0.05) is 30.3 Å². The lowest BCUT2D eigenvalue weighted by atomic mass is 10.1. The second kappa shape index (κ2) is 6.70. The number of hydrogen-bond donors (Lipinski definition) is 1. The Morgan fingerprint density at radius 3 is 2.46 bits per heavy atom. The van der Waals surface area contributed by atoms with E-state index in [1.807, 2.05) is 41.9 Å². The number of rotatable bonds is 3. The number of imide groups is 2. The highest BCUT2D eigenvalue weighted by molar-refractivity contribution is 6.39. The third-order valence-corrected chi connectivity index (χ3v) is 4.71. The fourth-order valence-electron chi connectivity index (χ4n) is 3.29. The number of methoxy groups -OCH3 is 1. The van der Waals surface area contributed by atoms with Crippen molar-refractivity contribution in [3.63, 3.8) is 0 Å². The Hall–Kier alpha value is -3.87. The molecule has 1 fully saturated rings. The maximum absolute atomic E-state index is 13.1. The van der Waals surface area contributed by atoms with Crippen LogP contribution in [-0.4, -0.2) is 29.5 Å². The number of para-hydroxylation sites is 3. The molecule has 140 valence electrons. The van der Waals surface area contributed by atoms with Crippen LogP contribution in [0.2, 0.25) is 0 Å². The highest BCUT2D eigenvalue weighted by Crippen LogP contribution is 2.31. The minimum Gasteiger partial charge on any atom is -0.495 e. The van der Waals surface area contributed by atoms with E-state index in [0.29, 0.717) is 11.4 Å². The van der Waals surface area contributed by atoms with E-state index >= 15 is 0 Å². The van der Waals surface area contributed by atoms with Gasteiger partial charge >= 0.3 is 6.03 Å². The maximum atomic E-state index is 13.1. The lowest BCUT2D eigenvalue weighted by Gasteiger charge is -2.27. The van der Waals surface area contributed by atoms with Crippen molar-refractivity contribution in [3.05, 3.63) is 65.9 Å². The van der Waals surface area contributed by atoms with E-state index in [4.69, 9.17) is 4.74 Å². The number of fused-ring (bicyclic) bond motifs is 1. The summed E-state index contributed by atoms with van der Waals surface area (Å²) >= 11 is 0. The number of nitrogens with zero attached hydrogens (tertiary/aromatic N) is 2. The van der Waals surface area contributed by atoms with Gasteiger partial charge in [-0.25, -0.2) is 9.69 Å². The number of amides is 4. The number of ether oxygens (including phenoxy) is 1. The molecular weight excluding hydrogens is 358 g/mol. The summed E-state index contributed by atoms with van der Waals surface area (Å²) in [4.78, 5) is 38.7. The van der Waals surface area contributed by atoms with Crippen LogP contribution in [0.25, 0.3) is 17.0 Å². The summed E-state index contributed by atoms with van der Waals surface area (Å²) in [6.07, 6.45) is 1.49. The standard InChI is InChI=1S/C21H17N3O4/c1-23-14(11-13-7-3-4-8-16(13)23)12-15-19(25)22-21(27)24(20(15)26)17-9-5-6-10-18(17)28-2/h3-12H,1-2H3,(H,22,25,27)/b15-12-. The Morgan fingerprint density at radius 1 is 1.00 bits per heavy atom. The Labute approximate surface area is 160 Å². The quantitative estimate of drug-likeness (QED) is 0.564. The molecule has 1 aromatic heterocycles. The first-order valence-electron chi connectivity index (χ1n) is 8.60. The first kappa shape index (κ1) is 17.5. The predicted molar refractivity (Wildman–Crippen MR) is 105 cm³/mol. The number of urea groups is 1. The molecule has 1 saturated heterocycles. The van der Waals surface area contributed by atoms with Crippen LogP contribution < -0.4 is 15.0 Å². The molecule has 0 spiro atoms. The van der Waals surface area contributed by atoms with Gasteiger partial charge in [0.25, 0.3) is 11.8 Å². The van der Waals surface area contributed by atoms with Crippen LogP contribution in [0.5, 0.6) is 5.75 Å². The van der Waals surface area contributed by atoms with Gasteiger partial charge < -0.3 is 9.30 Å². The van der Waals surface area contributed by atoms with Gasteiger partial charge in [0.1, 0.15) is 11.3 Å². The van der Waals surface area contributed by atoms with E-state index < -0.39 is 17.8 Å². The second-order valence-electron chi connectivity index (χ2n) is 6.32. The smallest absolute Gasteiger partial charge is 0.336 e. The van der Waals surface area contributed by atoms with Crippen molar-refractivity contribution in [1.29, 1.82) is 0 Å². The highest BCUT2D eigenvalue weighted by atomic mass is 16.5. The number of aryl methyl sites for hydroxylation is 1. The van der Waals surface area contributed by atoms with Gasteiger partial charge in [0.05, 0.1) is 12.8 Å². The molecule has 28 heavy (non-hydrogen) atoms. The van der Waals surface area contributed by atoms with Crippen molar-refractivity contribution in [2.45, 2.75) is 0 Å². The largest absolute Gasteiger partial charge is 0.495 e. The lowest BCUT2D eigenvalue weighted by Crippen LogP contribution is -2.54. The number of benzene rings is 2. The number of carbonyl (C=O) groups excluding carboxylic acids is 3. The minimum absolute atomic E-state index is 0.128. The summed E-state index contributed by atoms with van der Waals surface area (Å²) in [7, 11) is 3.30. The summed E-state index contributed by atoms with van der Waals surface area (Å²) < 4.78 is 7.13. The number of nitrogens with one attached hydrogen (secondary N) is 1. The lowest BCUT2D eigenvalue weighted by molar-refractivity contribution is -0.122. The van der Waals surface area contributed by atoms with Gasteiger partial charge in [0.15, 0.2) is 0 Å². The Kier molecular flexibility index (Phi) is 4.19. The summed E-state index contributed by atoms with van der Waals surface area (Å²) in [6.45, 7) is 0. The molecule has 2 aromatic carbocycles. The van der Waals surface area contributed by atoms with Gasteiger partial charge in [-0.2, -0.15) is 0 Å². The summed E-state index contributed by atoms with van der Waals surface area (Å²) in [6, 6.07) is 15.4. The summed E-state index contributed by atoms with van der Waals surface area (Å²) in [5.41, 5.74) is 1.78. The molecule has 4 amide bonds. The van der Waals surface area contributed by atoms with Gasteiger partial charge in [0, 0.05) is 23.6 Å². The zero-order valence-corrected chi connectivity index (χ0v) is 15.3. The van der Waals surface area contributed by atoms with Crippen LogP contribution >= 0.6 is 0 Å². The number of anilines is 1. The topological polar surface area (TPSA) is 80.6 Å². The van der Waals surface area contributed by atoms with Crippen molar-refractivity contribution in [1.82, 2.24) is 9.88 Å². The molecule has 0 atom stereocenters. The van der Waals surface area contributed by atoms with Gasteiger partial charge in [-0.15, -0.1) is 0 Å². The van der Waals surface area contributed by atoms with Gasteiger partial charge in [-0.05, 0) is 30.3 Å². The van der Waals surface area contributed by atoms with E-state index in [0.717, 1.165) is 15.8 Å². The molecule has 2 heterocycles. The fraction of sp³-hybridized carbons (Fsp3) is 0.0952. The van der Waals surface area contributed by atoms with Gasteiger partial charge in [-0.3, -0.25) is 14.9 Å². The van der Waals surface area contributed by atoms with Crippen molar-refractivity contribution in [3.8, 4) is 5.75 Å². The molecule has 1 aliphatic heterocycles. The van der Waals surface area contributed by atoms with Crippen molar-refractivity contribution in [2.75, 3.05) is 12.0 Å². The van der Waals surface area contributed by atoms with Crippen LogP contribution in [0.1, 0.15) is 5.69 Å². The number of carbonyl (C=O) groups is 3. The van der Waals surface area contributed by atoms with Crippen LogP contribution in [-0.2, 0) is 16.6 Å². The number of hydrogen-bond acceptors (Lipinski definition) is 4. The molecule has 0 radical (unpaired) electrons. The minimum atomic E-state index is -0.811. The monoisotopic (exact) mass is 375 g/mol. The molecule has 7 heteroatoms. The SMILES string of the molecule is COc1ccccc1N1C(=O)NC(=O)/C(=C/c2cc3ccccc3n2C)C1=O.